The molecule has 4 heteroatoms. The molecule has 1 rings (SSSR count). The van der Waals surface area contributed by atoms with Crippen molar-refractivity contribution in [1.29, 1.82) is 0 Å². The van der Waals surface area contributed by atoms with Gasteiger partial charge in [-0.25, -0.2) is 0 Å². The third-order valence-corrected chi connectivity index (χ3v) is 3.27. The van der Waals surface area contributed by atoms with Crippen molar-refractivity contribution < 1.29 is 9.53 Å². The monoisotopic (exact) mass is 278 g/mol. The first-order valence-electron chi connectivity index (χ1n) is 7.02. The van der Waals surface area contributed by atoms with E-state index in [2.05, 4.69) is 10.6 Å². The predicted molar refractivity (Wildman–Crippen MR) is 81.9 cm³/mol. The highest BCUT2D eigenvalue weighted by Gasteiger charge is 2.26. The van der Waals surface area contributed by atoms with Crippen LogP contribution in [-0.4, -0.2) is 24.6 Å². The fraction of sp³-hybridized carbons (Fsp3) is 0.562. The van der Waals surface area contributed by atoms with E-state index in [4.69, 9.17) is 4.74 Å². The van der Waals surface area contributed by atoms with Crippen LogP contribution in [0.4, 0.5) is 0 Å². The highest BCUT2D eigenvalue weighted by Crippen LogP contribution is 2.20. The fourth-order valence-corrected chi connectivity index (χ4v) is 1.70. The van der Waals surface area contributed by atoms with Crippen LogP contribution in [0.3, 0.4) is 0 Å². The van der Waals surface area contributed by atoms with Gasteiger partial charge in [-0.15, -0.1) is 0 Å². The Labute approximate surface area is 121 Å². The molecule has 0 aliphatic rings. The van der Waals surface area contributed by atoms with Gasteiger partial charge in [0.1, 0.15) is 5.75 Å². The fourth-order valence-electron chi connectivity index (χ4n) is 1.70. The molecule has 1 aromatic rings. The van der Waals surface area contributed by atoms with Crippen LogP contribution in [0.15, 0.2) is 24.3 Å². The predicted octanol–water partition coefficient (Wildman–Crippen LogP) is 2.65. The summed E-state index contributed by atoms with van der Waals surface area (Å²) < 4.78 is 5.67. The van der Waals surface area contributed by atoms with Crippen molar-refractivity contribution in [3.63, 3.8) is 0 Å². The summed E-state index contributed by atoms with van der Waals surface area (Å²) in [5.74, 6) is 0.800. The highest BCUT2D eigenvalue weighted by atomic mass is 16.5. The Hall–Kier alpha value is -1.55. The number of carbonyl (C=O) groups is 1. The van der Waals surface area contributed by atoms with Crippen LogP contribution in [-0.2, 0) is 4.79 Å². The lowest BCUT2D eigenvalue weighted by atomic mass is 10.0. The van der Waals surface area contributed by atoms with E-state index in [0.29, 0.717) is 0 Å². The maximum atomic E-state index is 12.1. The third-order valence-electron chi connectivity index (χ3n) is 3.27. The van der Waals surface area contributed by atoms with Gasteiger partial charge in [0.2, 0.25) is 5.91 Å². The second-order valence-corrected chi connectivity index (χ2v) is 5.81. The highest BCUT2D eigenvalue weighted by molar-refractivity contribution is 5.85. The molecule has 0 aliphatic heterocycles. The normalized spacial score (nSPS) is 13.2. The first-order valence-corrected chi connectivity index (χ1v) is 7.02. The van der Waals surface area contributed by atoms with Gasteiger partial charge >= 0.3 is 0 Å². The Morgan fingerprint density at radius 2 is 1.90 bits per heavy atom. The zero-order valence-corrected chi connectivity index (χ0v) is 13.3. The summed E-state index contributed by atoms with van der Waals surface area (Å²) >= 11 is 0. The lowest BCUT2D eigenvalue weighted by molar-refractivity contribution is -0.126. The van der Waals surface area contributed by atoms with Gasteiger partial charge in [-0.05, 0) is 59.4 Å². The van der Waals surface area contributed by atoms with E-state index in [1.54, 1.807) is 7.05 Å². The minimum atomic E-state index is -0.583. The quantitative estimate of drug-likeness (QED) is 0.841. The van der Waals surface area contributed by atoms with Crippen molar-refractivity contribution in [3.8, 4) is 5.75 Å². The molecule has 2 N–H and O–H groups in total. The van der Waals surface area contributed by atoms with E-state index in [1.165, 1.54) is 0 Å². The lowest BCUT2D eigenvalue weighted by Crippen LogP contribution is -2.51. The minimum Gasteiger partial charge on any atom is -0.491 e. The number of rotatable bonds is 6. The summed E-state index contributed by atoms with van der Waals surface area (Å²) in [6, 6.07) is 7.77. The summed E-state index contributed by atoms with van der Waals surface area (Å²) in [7, 11) is 1.78. The van der Waals surface area contributed by atoms with Crippen LogP contribution in [0.1, 0.15) is 46.2 Å². The maximum absolute atomic E-state index is 12.1. The number of likely N-dealkylation sites (N-methyl/N-ethyl adjacent to an activating group) is 1. The van der Waals surface area contributed by atoms with Crippen molar-refractivity contribution >= 4 is 5.91 Å². The molecular formula is C16H26N2O2. The van der Waals surface area contributed by atoms with E-state index < -0.39 is 5.54 Å². The minimum absolute atomic E-state index is 0.0253. The summed E-state index contributed by atoms with van der Waals surface area (Å²) in [5, 5.41) is 6.01. The average molecular weight is 278 g/mol. The lowest BCUT2D eigenvalue weighted by Gasteiger charge is -2.25. The standard InChI is InChI=1S/C16H26N2O2/c1-11(2)20-14-9-7-8-13(10-14)12(3)18-15(19)16(4,5)17-6/h7-12,17H,1-6H3,(H,18,19). The van der Waals surface area contributed by atoms with Gasteiger partial charge in [0.05, 0.1) is 17.7 Å². The van der Waals surface area contributed by atoms with Gasteiger partial charge in [0, 0.05) is 0 Å². The second kappa shape index (κ2) is 6.75. The van der Waals surface area contributed by atoms with Crippen LogP contribution in [0.5, 0.6) is 5.75 Å². The number of carbonyl (C=O) groups excluding carboxylic acids is 1. The zero-order valence-electron chi connectivity index (χ0n) is 13.3. The molecule has 0 bridgehead atoms. The zero-order chi connectivity index (χ0) is 15.3. The summed E-state index contributed by atoms with van der Waals surface area (Å²) in [4.78, 5) is 12.1. The average Bonchev–Trinajstić information content (AvgIpc) is 2.38. The number of hydrogen-bond donors (Lipinski definition) is 2. The summed E-state index contributed by atoms with van der Waals surface area (Å²) in [5.41, 5.74) is 0.448. The van der Waals surface area contributed by atoms with Crippen molar-refractivity contribution in [2.24, 2.45) is 0 Å². The Morgan fingerprint density at radius 1 is 1.25 bits per heavy atom. The molecular weight excluding hydrogens is 252 g/mol. The first kappa shape index (κ1) is 16.5. The topological polar surface area (TPSA) is 50.4 Å². The molecule has 1 aromatic carbocycles. The number of ether oxygens (including phenoxy) is 1. The van der Waals surface area contributed by atoms with Crippen LogP contribution >= 0.6 is 0 Å². The van der Waals surface area contributed by atoms with Gasteiger partial charge < -0.3 is 15.4 Å². The third kappa shape index (κ3) is 4.53. The molecule has 0 radical (unpaired) electrons. The molecule has 0 aromatic heterocycles. The van der Waals surface area contributed by atoms with E-state index in [9.17, 15) is 4.79 Å². The van der Waals surface area contributed by atoms with E-state index >= 15 is 0 Å². The van der Waals surface area contributed by atoms with Crippen LogP contribution in [0.2, 0.25) is 0 Å². The smallest absolute Gasteiger partial charge is 0.240 e. The van der Waals surface area contributed by atoms with Gasteiger partial charge in [0.25, 0.3) is 0 Å². The molecule has 1 atom stereocenters. The van der Waals surface area contributed by atoms with Crippen LogP contribution in [0.25, 0.3) is 0 Å². The number of benzene rings is 1. The molecule has 0 saturated heterocycles. The molecule has 1 amide bonds. The maximum Gasteiger partial charge on any atom is 0.240 e. The Balaban J connectivity index is 2.77. The molecule has 0 saturated carbocycles. The summed E-state index contributed by atoms with van der Waals surface area (Å²) in [6.45, 7) is 9.67. The Morgan fingerprint density at radius 3 is 2.45 bits per heavy atom. The van der Waals surface area contributed by atoms with Crippen LogP contribution in [0, 0.1) is 0 Å². The SMILES string of the molecule is CNC(C)(C)C(=O)NC(C)c1cccc(OC(C)C)c1. The Kier molecular flexibility index (Phi) is 5.57. The van der Waals surface area contributed by atoms with E-state index in [1.807, 2.05) is 58.9 Å². The molecule has 0 heterocycles. The molecule has 0 aliphatic carbocycles. The van der Waals surface area contributed by atoms with Crippen LogP contribution < -0.4 is 15.4 Å². The molecule has 112 valence electrons. The molecule has 4 nitrogen and oxygen atoms in total. The van der Waals surface area contributed by atoms with Crippen molar-refractivity contribution in [2.75, 3.05) is 7.05 Å². The summed E-state index contributed by atoms with van der Waals surface area (Å²) in [6.07, 6.45) is 0.137. The molecule has 1 unspecified atom stereocenters. The number of hydrogen-bond acceptors (Lipinski definition) is 3. The van der Waals surface area contributed by atoms with Gasteiger partial charge in [0.15, 0.2) is 0 Å². The van der Waals surface area contributed by atoms with Crippen molar-refractivity contribution in [3.05, 3.63) is 29.8 Å². The largest absolute Gasteiger partial charge is 0.491 e. The van der Waals surface area contributed by atoms with Gasteiger partial charge in [-0.2, -0.15) is 0 Å². The van der Waals surface area contributed by atoms with Gasteiger partial charge in [-0.1, -0.05) is 12.1 Å². The number of nitrogens with one attached hydrogen (secondary N) is 2. The second-order valence-electron chi connectivity index (χ2n) is 5.81. The molecule has 0 spiro atoms. The van der Waals surface area contributed by atoms with E-state index in [-0.39, 0.29) is 18.1 Å². The molecule has 0 fully saturated rings. The first-order chi connectivity index (χ1) is 9.26. The van der Waals surface area contributed by atoms with E-state index in [0.717, 1.165) is 11.3 Å². The van der Waals surface area contributed by atoms with Gasteiger partial charge in [-0.3, -0.25) is 4.79 Å². The number of amides is 1. The van der Waals surface area contributed by atoms with Crippen molar-refractivity contribution in [2.45, 2.75) is 52.3 Å². The van der Waals surface area contributed by atoms with Crippen molar-refractivity contribution in [1.82, 2.24) is 10.6 Å². The Bertz CT molecular complexity index is 456. The molecule has 20 heavy (non-hydrogen) atoms.